The van der Waals surface area contributed by atoms with Crippen molar-refractivity contribution in [1.29, 1.82) is 0 Å². The lowest BCUT2D eigenvalue weighted by Crippen LogP contribution is -2.31. The van der Waals surface area contributed by atoms with Crippen LogP contribution in [0.5, 0.6) is 0 Å². The van der Waals surface area contributed by atoms with Gasteiger partial charge in [-0.3, -0.25) is 9.78 Å². The molecule has 2 aromatic rings. The summed E-state index contributed by atoms with van der Waals surface area (Å²) < 4.78 is 13.1. The van der Waals surface area contributed by atoms with Crippen LogP contribution in [0, 0.1) is 5.82 Å². The van der Waals surface area contributed by atoms with Crippen LogP contribution in [-0.4, -0.2) is 28.9 Å². The first-order chi connectivity index (χ1) is 9.13. The number of amides is 1. The average molecular weight is 260 g/mol. The van der Waals surface area contributed by atoms with Crippen LogP contribution in [0.4, 0.5) is 4.39 Å². The Morgan fingerprint density at radius 3 is 2.63 bits per heavy atom. The van der Waals surface area contributed by atoms with Crippen LogP contribution >= 0.6 is 0 Å². The molecule has 2 rings (SSSR count). The summed E-state index contributed by atoms with van der Waals surface area (Å²) in [6, 6.07) is 8.04. The van der Waals surface area contributed by atoms with Gasteiger partial charge >= 0.3 is 0 Å². The number of likely N-dealkylation sites (N-methyl/N-ethyl adjacent to an activating group) is 1. The van der Waals surface area contributed by atoms with E-state index in [1.165, 1.54) is 12.1 Å². The Bertz CT molecular complexity index is 594. The molecule has 1 aromatic heterocycles. The predicted octanol–water partition coefficient (Wildman–Crippen LogP) is 2.78. The SMILES string of the molecule is CCN(CC)C(=O)Cc1ccc2cc(F)ccc2n1. The van der Waals surface area contributed by atoms with Crippen molar-refractivity contribution >= 4 is 16.8 Å². The van der Waals surface area contributed by atoms with Crippen LogP contribution in [0.1, 0.15) is 19.5 Å². The first kappa shape index (κ1) is 13.5. The normalized spacial score (nSPS) is 10.7. The third-order valence-corrected chi connectivity index (χ3v) is 3.16. The van der Waals surface area contributed by atoms with E-state index in [4.69, 9.17) is 0 Å². The quantitative estimate of drug-likeness (QED) is 0.847. The van der Waals surface area contributed by atoms with Crippen LogP contribution < -0.4 is 0 Å². The Kier molecular flexibility index (Phi) is 4.10. The third-order valence-electron chi connectivity index (χ3n) is 3.16. The number of carbonyl (C=O) groups excluding carboxylic acids is 1. The summed E-state index contributed by atoms with van der Waals surface area (Å²) in [6.45, 7) is 5.32. The van der Waals surface area contributed by atoms with Gasteiger partial charge in [0.15, 0.2) is 0 Å². The topological polar surface area (TPSA) is 33.2 Å². The second-order valence-corrected chi connectivity index (χ2v) is 4.38. The van der Waals surface area contributed by atoms with Gasteiger partial charge < -0.3 is 4.90 Å². The zero-order valence-electron chi connectivity index (χ0n) is 11.2. The first-order valence-corrected chi connectivity index (χ1v) is 6.47. The van der Waals surface area contributed by atoms with Crippen LogP contribution in [0.15, 0.2) is 30.3 Å². The van der Waals surface area contributed by atoms with E-state index in [1.54, 1.807) is 23.1 Å². The summed E-state index contributed by atoms with van der Waals surface area (Å²) >= 11 is 0. The standard InChI is InChI=1S/C15H17FN2O/c1-3-18(4-2)15(19)10-13-7-5-11-9-12(16)6-8-14(11)17-13/h5-9H,3-4,10H2,1-2H3. The number of benzene rings is 1. The van der Waals surface area contributed by atoms with Crippen molar-refractivity contribution in [3.8, 4) is 0 Å². The Morgan fingerprint density at radius 1 is 1.21 bits per heavy atom. The minimum atomic E-state index is -0.277. The molecular formula is C15H17FN2O. The van der Waals surface area contributed by atoms with E-state index in [2.05, 4.69) is 4.98 Å². The van der Waals surface area contributed by atoms with Gasteiger partial charge in [0.05, 0.1) is 17.6 Å². The largest absolute Gasteiger partial charge is 0.343 e. The average Bonchev–Trinajstić information content (AvgIpc) is 2.40. The molecule has 0 radical (unpaired) electrons. The van der Waals surface area contributed by atoms with Gasteiger partial charge in [-0.15, -0.1) is 0 Å². The summed E-state index contributed by atoms with van der Waals surface area (Å²) in [5.41, 5.74) is 1.43. The summed E-state index contributed by atoms with van der Waals surface area (Å²) in [5.74, 6) is -0.208. The second-order valence-electron chi connectivity index (χ2n) is 4.38. The molecule has 0 aliphatic rings. The molecule has 0 atom stereocenters. The van der Waals surface area contributed by atoms with Crippen LogP contribution in [0.3, 0.4) is 0 Å². The zero-order chi connectivity index (χ0) is 13.8. The lowest BCUT2D eigenvalue weighted by atomic mass is 10.1. The van der Waals surface area contributed by atoms with Crippen molar-refractivity contribution in [2.75, 3.05) is 13.1 Å². The van der Waals surface area contributed by atoms with E-state index in [1.807, 2.05) is 13.8 Å². The fourth-order valence-corrected chi connectivity index (χ4v) is 2.08. The molecule has 0 unspecified atom stereocenters. The van der Waals surface area contributed by atoms with Gasteiger partial charge in [0.25, 0.3) is 0 Å². The van der Waals surface area contributed by atoms with E-state index in [0.29, 0.717) is 18.6 Å². The molecule has 0 saturated heterocycles. The second kappa shape index (κ2) is 5.78. The maximum atomic E-state index is 13.1. The van der Waals surface area contributed by atoms with Crippen molar-refractivity contribution < 1.29 is 9.18 Å². The number of fused-ring (bicyclic) bond motifs is 1. The highest BCUT2D eigenvalue weighted by Gasteiger charge is 2.11. The summed E-state index contributed by atoms with van der Waals surface area (Å²) in [4.78, 5) is 18.2. The molecule has 0 bridgehead atoms. The Labute approximate surface area is 112 Å². The van der Waals surface area contributed by atoms with Crippen LogP contribution in [-0.2, 0) is 11.2 Å². The Morgan fingerprint density at radius 2 is 1.95 bits per heavy atom. The van der Waals surface area contributed by atoms with E-state index < -0.39 is 0 Å². The number of hydrogen-bond acceptors (Lipinski definition) is 2. The molecule has 1 amide bonds. The summed E-state index contributed by atoms with van der Waals surface area (Å²) in [5, 5.41) is 0.749. The highest BCUT2D eigenvalue weighted by Crippen LogP contribution is 2.14. The van der Waals surface area contributed by atoms with Gasteiger partial charge in [0.1, 0.15) is 5.82 Å². The Hall–Kier alpha value is -1.97. The highest BCUT2D eigenvalue weighted by molar-refractivity contribution is 5.81. The number of hydrogen-bond donors (Lipinski definition) is 0. The molecule has 0 aliphatic carbocycles. The monoisotopic (exact) mass is 260 g/mol. The van der Waals surface area contributed by atoms with Crippen molar-refractivity contribution in [2.24, 2.45) is 0 Å². The fourth-order valence-electron chi connectivity index (χ4n) is 2.08. The summed E-state index contributed by atoms with van der Waals surface area (Å²) in [7, 11) is 0. The maximum Gasteiger partial charge on any atom is 0.228 e. The van der Waals surface area contributed by atoms with Gasteiger partial charge in [0, 0.05) is 18.5 Å². The van der Waals surface area contributed by atoms with Gasteiger partial charge in [-0.05, 0) is 38.1 Å². The predicted molar refractivity (Wildman–Crippen MR) is 73.3 cm³/mol. The maximum absolute atomic E-state index is 13.1. The van der Waals surface area contributed by atoms with Gasteiger partial charge in [-0.2, -0.15) is 0 Å². The van der Waals surface area contributed by atoms with Crippen molar-refractivity contribution in [1.82, 2.24) is 9.88 Å². The van der Waals surface area contributed by atoms with Gasteiger partial charge in [-0.25, -0.2) is 4.39 Å². The van der Waals surface area contributed by atoms with E-state index in [-0.39, 0.29) is 18.1 Å². The van der Waals surface area contributed by atoms with Crippen molar-refractivity contribution in [2.45, 2.75) is 20.3 Å². The lowest BCUT2D eigenvalue weighted by Gasteiger charge is -2.18. The van der Waals surface area contributed by atoms with Crippen LogP contribution in [0.25, 0.3) is 10.9 Å². The smallest absolute Gasteiger partial charge is 0.228 e. The van der Waals surface area contributed by atoms with E-state index >= 15 is 0 Å². The van der Waals surface area contributed by atoms with E-state index in [9.17, 15) is 9.18 Å². The molecule has 0 aliphatic heterocycles. The molecule has 0 spiro atoms. The molecule has 4 heteroatoms. The molecule has 0 N–H and O–H groups in total. The summed E-state index contributed by atoms with van der Waals surface area (Å²) in [6.07, 6.45) is 0.287. The number of rotatable bonds is 4. The molecule has 19 heavy (non-hydrogen) atoms. The zero-order valence-corrected chi connectivity index (χ0v) is 11.2. The third kappa shape index (κ3) is 3.08. The van der Waals surface area contributed by atoms with Crippen molar-refractivity contribution in [3.05, 3.63) is 41.8 Å². The number of pyridine rings is 1. The van der Waals surface area contributed by atoms with E-state index in [0.717, 1.165) is 11.1 Å². The van der Waals surface area contributed by atoms with Crippen molar-refractivity contribution in [3.63, 3.8) is 0 Å². The highest BCUT2D eigenvalue weighted by atomic mass is 19.1. The molecule has 3 nitrogen and oxygen atoms in total. The molecular weight excluding hydrogens is 243 g/mol. The molecule has 0 saturated carbocycles. The Balaban J connectivity index is 2.22. The number of halogens is 1. The fraction of sp³-hybridized carbons (Fsp3) is 0.333. The first-order valence-electron chi connectivity index (χ1n) is 6.47. The molecule has 0 fully saturated rings. The molecule has 100 valence electrons. The molecule has 1 heterocycles. The number of carbonyl (C=O) groups is 1. The minimum Gasteiger partial charge on any atom is -0.343 e. The number of aromatic nitrogens is 1. The van der Waals surface area contributed by atoms with Crippen LogP contribution in [0.2, 0.25) is 0 Å². The minimum absolute atomic E-state index is 0.0685. The lowest BCUT2D eigenvalue weighted by molar-refractivity contribution is -0.130. The van der Waals surface area contributed by atoms with Gasteiger partial charge in [-0.1, -0.05) is 6.07 Å². The van der Waals surface area contributed by atoms with Gasteiger partial charge in [0.2, 0.25) is 5.91 Å². The number of nitrogens with zero attached hydrogens (tertiary/aromatic N) is 2. The molecule has 1 aromatic carbocycles.